The minimum absolute atomic E-state index is 0.497. The Balaban J connectivity index is 1.87. The Labute approximate surface area is 116 Å². The van der Waals surface area contributed by atoms with E-state index >= 15 is 0 Å². The molecule has 0 aliphatic carbocycles. The lowest BCUT2D eigenvalue weighted by atomic mass is 10.1. The Morgan fingerprint density at radius 1 is 1.32 bits per heavy atom. The third kappa shape index (κ3) is 4.13. The molecule has 0 bridgehead atoms. The molecule has 1 aliphatic heterocycles. The Morgan fingerprint density at radius 2 is 2.16 bits per heavy atom. The Hall–Kier alpha value is -1.22. The number of rotatable bonds is 7. The van der Waals surface area contributed by atoms with E-state index in [0.29, 0.717) is 6.10 Å². The maximum Gasteiger partial charge on any atom is 0.0599 e. The summed E-state index contributed by atoms with van der Waals surface area (Å²) >= 11 is 0. The van der Waals surface area contributed by atoms with Crippen LogP contribution in [0.5, 0.6) is 0 Å². The van der Waals surface area contributed by atoms with Crippen molar-refractivity contribution >= 4 is 11.4 Å². The van der Waals surface area contributed by atoms with Gasteiger partial charge in [-0.25, -0.2) is 0 Å². The van der Waals surface area contributed by atoms with Gasteiger partial charge in [0.15, 0.2) is 0 Å². The van der Waals surface area contributed by atoms with Crippen LogP contribution < -0.4 is 10.6 Å². The van der Waals surface area contributed by atoms with E-state index in [1.807, 2.05) is 12.1 Å². The molecule has 1 saturated heterocycles. The van der Waals surface area contributed by atoms with Crippen LogP contribution in [0.1, 0.15) is 39.0 Å². The van der Waals surface area contributed by atoms with Crippen LogP contribution >= 0.6 is 0 Å². The Morgan fingerprint density at radius 3 is 2.84 bits per heavy atom. The monoisotopic (exact) mass is 262 g/mol. The minimum Gasteiger partial charge on any atom is -0.397 e. The Bertz CT molecular complexity index is 375. The number of nitrogens with zero attached hydrogens (tertiary/aromatic N) is 1. The molecule has 1 aliphatic rings. The fourth-order valence-corrected chi connectivity index (χ4v) is 2.78. The predicted molar refractivity (Wildman–Crippen MR) is 81.6 cm³/mol. The summed E-state index contributed by atoms with van der Waals surface area (Å²) in [6.07, 6.45) is 6.47. The molecule has 1 fully saturated rings. The van der Waals surface area contributed by atoms with Gasteiger partial charge in [0.2, 0.25) is 0 Å². The van der Waals surface area contributed by atoms with Crippen LogP contribution in [0.15, 0.2) is 24.3 Å². The van der Waals surface area contributed by atoms with E-state index in [2.05, 4.69) is 24.0 Å². The van der Waals surface area contributed by atoms with Crippen molar-refractivity contribution in [1.82, 2.24) is 0 Å². The van der Waals surface area contributed by atoms with Crippen molar-refractivity contribution in [3.63, 3.8) is 0 Å². The first kappa shape index (κ1) is 14.2. The number of ether oxygens (including phenoxy) is 1. The Kier molecular flexibility index (Phi) is 5.52. The van der Waals surface area contributed by atoms with Crippen LogP contribution in [-0.2, 0) is 4.74 Å². The van der Waals surface area contributed by atoms with Gasteiger partial charge in [-0.1, -0.05) is 19.1 Å². The van der Waals surface area contributed by atoms with Gasteiger partial charge >= 0.3 is 0 Å². The zero-order chi connectivity index (χ0) is 13.5. The molecule has 3 nitrogen and oxygen atoms in total. The summed E-state index contributed by atoms with van der Waals surface area (Å²) < 4.78 is 5.68. The van der Waals surface area contributed by atoms with E-state index in [4.69, 9.17) is 10.5 Å². The summed E-state index contributed by atoms with van der Waals surface area (Å²) in [7, 11) is 0. The molecule has 2 rings (SSSR count). The largest absolute Gasteiger partial charge is 0.397 e. The lowest BCUT2D eigenvalue weighted by molar-refractivity contribution is 0.103. The van der Waals surface area contributed by atoms with E-state index in [1.54, 1.807) is 0 Å². The summed E-state index contributed by atoms with van der Waals surface area (Å²) in [5.41, 5.74) is 8.14. The molecule has 106 valence electrons. The van der Waals surface area contributed by atoms with Crippen molar-refractivity contribution in [3.05, 3.63) is 24.3 Å². The molecule has 1 aromatic carbocycles. The van der Waals surface area contributed by atoms with Crippen LogP contribution in [0, 0.1) is 0 Å². The fourth-order valence-electron chi connectivity index (χ4n) is 2.78. The topological polar surface area (TPSA) is 38.5 Å². The minimum atomic E-state index is 0.497. The first-order valence-electron chi connectivity index (χ1n) is 7.52. The molecule has 0 radical (unpaired) electrons. The fraction of sp³-hybridized carbons (Fsp3) is 0.625. The summed E-state index contributed by atoms with van der Waals surface area (Å²) in [6, 6.07) is 8.17. The summed E-state index contributed by atoms with van der Waals surface area (Å²) in [6.45, 7) is 5.31. The van der Waals surface area contributed by atoms with Gasteiger partial charge in [-0.3, -0.25) is 0 Å². The maximum absolute atomic E-state index is 6.08. The molecule has 0 amide bonds. The lowest BCUT2D eigenvalue weighted by Gasteiger charge is -2.26. The molecule has 3 heteroatoms. The number of nitrogens with two attached hydrogens (primary N) is 1. The zero-order valence-electron chi connectivity index (χ0n) is 12.0. The van der Waals surface area contributed by atoms with E-state index < -0.39 is 0 Å². The standard InChI is InChI=1S/C16H26N2O/c1-2-11-18(16-10-4-3-9-15(16)17)12-5-7-14-8-6-13-19-14/h3-4,9-10,14H,2,5-8,11-13,17H2,1H3. The first-order valence-corrected chi connectivity index (χ1v) is 7.52. The lowest BCUT2D eigenvalue weighted by Crippen LogP contribution is -2.26. The number of hydrogen-bond acceptors (Lipinski definition) is 3. The number of para-hydroxylation sites is 2. The highest BCUT2D eigenvalue weighted by Gasteiger charge is 2.16. The van der Waals surface area contributed by atoms with Crippen LogP contribution in [0.4, 0.5) is 11.4 Å². The number of anilines is 2. The van der Waals surface area contributed by atoms with E-state index in [9.17, 15) is 0 Å². The van der Waals surface area contributed by atoms with Crippen LogP contribution in [0.25, 0.3) is 0 Å². The smallest absolute Gasteiger partial charge is 0.0599 e. The third-order valence-corrected chi connectivity index (χ3v) is 3.75. The highest BCUT2D eigenvalue weighted by atomic mass is 16.5. The molecule has 0 saturated carbocycles. The maximum atomic E-state index is 6.08. The molecule has 1 aromatic rings. The van der Waals surface area contributed by atoms with E-state index in [1.165, 1.54) is 31.4 Å². The average molecular weight is 262 g/mol. The van der Waals surface area contributed by atoms with Gasteiger partial charge in [0, 0.05) is 19.7 Å². The van der Waals surface area contributed by atoms with E-state index in [-0.39, 0.29) is 0 Å². The highest BCUT2D eigenvalue weighted by Crippen LogP contribution is 2.24. The van der Waals surface area contributed by atoms with Gasteiger partial charge in [-0.05, 0) is 44.2 Å². The highest BCUT2D eigenvalue weighted by molar-refractivity contribution is 5.67. The normalized spacial score (nSPS) is 18.7. The molecule has 1 unspecified atom stereocenters. The van der Waals surface area contributed by atoms with Crippen molar-refractivity contribution in [2.75, 3.05) is 30.3 Å². The molecule has 0 spiro atoms. The summed E-state index contributed by atoms with van der Waals surface area (Å²) in [5.74, 6) is 0. The molecular formula is C16H26N2O. The SMILES string of the molecule is CCCN(CCCC1CCCO1)c1ccccc1N. The number of nitrogen functional groups attached to an aromatic ring is 1. The van der Waals surface area contributed by atoms with Gasteiger partial charge < -0.3 is 15.4 Å². The van der Waals surface area contributed by atoms with E-state index in [0.717, 1.165) is 31.8 Å². The molecule has 1 atom stereocenters. The zero-order valence-corrected chi connectivity index (χ0v) is 12.0. The quantitative estimate of drug-likeness (QED) is 0.765. The molecular weight excluding hydrogens is 236 g/mol. The van der Waals surface area contributed by atoms with Crippen molar-refractivity contribution in [2.45, 2.75) is 45.1 Å². The van der Waals surface area contributed by atoms with Gasteiger partial charge in [0.1, 0.15) is 0 Å². The molecule has 1 heterocycles. The van der Waals surface area contributed by atoms with Crippen LogP contribution in [0.3, 0.4) is 0 Å². The average Bonchev–Trinajstić information content (AvgIpc) is 2.92. The van der Waals surface area contributed by atoms with Gasteiger partial charge in [-0.15, -0.1) is 0 Å². The van der Waals surface area contributed by atoms with Crippen molar-refractivity contribution in [3.8, 4) is 0 Å². The number of benzene rings is 1. The molecule has 2 N–H and O–H groups in total. The second kappa shape index (κ2) is 7.39. The van der Waals surface area contributed by atoms with Gasteiger partial charge in [0.05, 0.1) is 17.5 Å². The van der Waals surface area contributed by atoms with Crippen LogP contribution in [-0.4, -0.2) is 25.8 Å². The van der Waals surface area contributed by atoms with Gasteiger partial charge in [0.25, 0.3) is 0 Å². The van der Waals surface area contributed by atoms with Gasteiger partial charge in [-0.2, -0.15) is 0 Å². The third-order valence-electron chi connectivity index (χ3n) is 3.75. The summed E-state index contributed by atoms with van der Waals surface area (Å²) in [4.78, 5) is 2.41. The molecule has 0 aromatic heterocycles. The van der Waals surface area contributed by atoms with Crippen LogP contribution in [0.2, 0.25) is 0 Å². The molecule has 19 heavy (non-hydrogen) atoms. The van der Waals surface area contributed by atoms with Crippen molar-refractivity contribution < 1.29 is 4.74 Å². The first-order chi connectivity index (χ1) is 9.31. The second-order valence-corrected chi connectivity index (χ2v) is 5.32. The van der Waals surface area contributed by atoms with Crippen molar-refractivity contribution in [1.29, 1.82) is 0 Å². The van der Waals surface area contributed by atoms with Crippen molar-refractivity contribution in [2.24, 2.45) is 0 Å². The second-order valence-electron chi connectivity index (χ2n) is 5.32. The predicted octanol–water partition coefficient (Wildman–Crippen LogP) is 3.44. The number of hydrogen-bond donors (Lipinski definition) is 1. The summed E-state index contributed by atoms with van der Waals surface area (Å²) in [5, 5.41) is 0.